The summed E-state index contributed by atoms with van der Waals surface area (Å²) in [5.74, 6) is 0. The molecule has 0 heterocycles. The minimum atomic E-state index is -3.99. The van der Waals surface area contributed by atoms with Crippen LogP contribution >= 0.6 is 7.49 Å². The van der Waals surface area contributed by atoms with Gasteiger partial charge in [0.15, 0.2) is 0 Å². The molecule has 32 heavy (non-hydrogen) atoms. The highest BCUT2D eigenvalue weighted by atomic mass is 32.2. The summed E-state index contributed by atoms with van der Waals surface area (Å²) in [5, 5.41) is 1.76. The van der Waals surface area contributed by atoms with Gasteiger partial charge in [-0.1, -0.05) is 95.0 Å². The van der Waals surface area contributed by atoms with Gasteiger partial charge in [0, 0.05) is 0 Å². The van der Waals surface area contributed by atoms with Gasteiger partial charge < -0.3 is 0 Å². The molecule has 160 valence electrons. The maximum Gasteiger partial charge on any atom is 0.329 e. The molecule has 0 saturated carbocycles. The van der Waals surface area contributed by atoms with E-state index in [4.69, 9.17) is 3.97 Å². The van der Waals surface area contributed by atoms with Crippen molar-refractivity contribution < 1.29 is 12.4 Å². The van der Waals surface area contributed by atoms with Crippen molar-refractivity contribution >= 4 is 34.3 Å². The molecule has 0 spiro atoms. The first-order valence-electron chi connectivity index (χ1n) is 10.3. The van der Waals surface area contributed by atoms with Crippen molar-refractivity contribution in [1.82, 2.24) is 0 Å². The smallest absolute Gasteiger partial charge is 0.191 e. The lowest BCUT2D eigenvalue weighted by molar-refractivity contribution is 0.508. The normalized spacial score (nSPS) is 12.1. The van der Waals surface area contributed by atoms with Crippen LogP contribution in [0.25, 0.3) is 6.08 Å². The molecule has 0 unspecified atom stereocenters. The molecule has 0 aliphatic carbocycles. The molecule has 0 bridgehead atoms. The second-order valence-electron chi connectivity index (χ2n) is 7.25. The van der Waals surface area contributed by atoms with Crippen molar-refractivity contribution in [2.45, 2.75) is 4.90 Å². The number of hydrogen-bond acceptors (Lipinski definition) is 3. The Morgan fingerprint density at radius 2 is 1.06 bits per heavy atom. The van der Waals surface area contributed by atoms with Gasteiger partial charge >= 0.3 is 10.1 Å². The quantitative estimate of drug-likeness (QED) is 0.318. The first-order chi connectivity index (χ1) is 15.6. The average molecular weight is 460 g/mol. The highest BCUT2D eigenvalue weighted by molar-refractivity contribution is 7.98. The summed E-state index contributed by atoms with van der Waals surface area (Å²) in [6, 6.07) is 37.7. The van der Waals surface area contributed by atoms with Crippen LogP contribution in [0.1, 0.15) is 5.56 Å². The maximum absolute atomic E-state index is 13.4. The zero-order valence-electron chi connectivity index (χ0n) is 17.5. The molecule has 0 saturated heterocycles. The first-order valence-corrected chi connectivity index (χ1v) is 13.6. The molecule has 0 N–H and O–H groups in total. The fraction of sp³-hybridized carbons (Fsp3) is 0.0370. The standard InChI is InChI=1S/C27H24O3PS/c28-32(29,27-21-11-4-12-22-27)30-31(25-17-7-2-8-18-25,26-19-9-3-10-20-26)23-13-16-24-14-5-1-6-15-24/h1-22H,23H2/q+1. The van der Waals surface area contributed by atoms with Gasteiger partial charge in [-0.25, -0.2) is 0 Å². The van der Waals surface area contributed by atoms with Gasteiger partial charge in [0.25, 0.3) is 0 Å². The predicted octanol–water partition coefficient (Wildman–Crippen LogP) is 5.69. The Labute approximate surface area is 190 Å². The van der Waals surface area contributed by atoms with Gasteiger partial charge in [0.2, 0.25) is 7.49 Å². The lowest BCUT2D eigenvalue weighted by Crippen LogP contribution is -2.28. The first kappa shape index (κ1) is 22.2. The highest BCUT2D eigenvalue weighted by Crippen LogP contribution is 2.59. The number of rotatable bonds is 8. The Morgan fingerprint density at radius 3 is 1.56 bits per heavy atom. The van der Waals surface area contributed by atoms with Crippen LogP contribution in [0.3, 0.4) is 0 Å². The van der Waals surface area contributed by atoms with Gasteiger partial charge in [0.05, 0.1) is 4.90 Å². The fourth-order valence-corrected chi connectivity index (χ4v) is 9.05. The van der Waals surface area contributed by atoms with E-state index in [1.165, 1.54) is 0 Å². The van der Waals surface area contributed by atoms with Crippen LogP contribution in [0, 0.1) is 0 Å². The third-order valence-corrected chi connectivity index (χ3v) is 10.7. The van der Waals surface area contributed by atoms with E-state index < -0.39 is 17.6 Å². The minimum Gasteiger partial charge on any atom is -0.191 e. The molecule has 3 nitrogen and oxygen atoms in total. The van der Waals surface area contributed by atoms with E-state index in [-0.39, 0.29) is 4.90 Å². The van der Waals surface area contributed by atoms with E-state index in [1.807, 2.05) is 103 Å². The third-order valence-electron chi connectivity index (χ3n) is 5.08. The van der Waals surface area contributed by atoms with E-state index in [9.17, 15) is 8.42 Å². The lowest BCUT2D eigenvalue weighted by atomic mass is 10.2. The number of benzene rings is 4. The van der Waals surface area contributed by atoms with Crippen LogP contribution in [0.4, 0.5) is 0 Å². The van der Waals surface area contributed by atoms with Crippen LogP contribution in [0.15, 0.2) is 132 Å². The van der Waals surface area contributed by atoms with Gasteiger partial charge in [-0.15, -0.1) is 0 Å². The SMILES string of the molecule is O=S(=O)(O[P+](CC=Cc1ccccc1)(c1ccccc1)c1ccccc1)c1ccccc1. The molecule has 0 aromatic heterocycles. The summed E-state index contributed by atoms with van der Waals surface area (Å²) < 4.78 is 33.1. The van der Waals surface area contributed by atoms with Crippen molar-refractivity contribution in [3.8, 4) is 0 Å². The molecule has 0 atom stereocenters. The number of allylic oxidation sites excluding steroid dienone is 1. The zero-order valence-corrected chi connectivity index (χ0v) is 19.2. The van der Waals surface area contributed by atoms with Gasteiger partial charge in [-0.2, -0.15) is 8.42 Å². The van der Waals surface area contributed by atoms with E-state index in [0.29, 0.717) is 6.16 Å². The molecule has 5 heteroatoms. The Bertz CT molecular complexity index is 1220. The second-order valence-corrected chi connectivity index (χ2v) is 12.1. The summed E-state index contributed by atoms with van der Waals surface area (Å²) in [6.07, 6.45) is 4.48. The van der Waals surface area contributed by atoms with E-state index in [0.717, 1.165) is 16.2 Å². The Balaban J connectivity index is 1.84. The van der Waals surface area contributed by atoms with Crippen molar-refractivity contribution in [2.75, 3.05) is 6.16 Å². The summed E-state index contributed by atoms with van der Waals surface area (Å²) in [6.45, 7) is 0. The monoisotopic (exact) mass is 459 g/mol. The van der Waals surface area contributed by atoms with Crippen LogP contribution in [0.5, 0.6) is 0 Å². The summed E-state index contributed by atoms with van der Waals surface area (Å²) in [5.41, 5.74) is 1.05. The van der Waals surface area contributed by atoms with Gasteiger partial charge in [-0.3, -0.25) is 0 Å². The molecule has 4 rings (SSSR count). The summed E-state index contributed by atoms with van der Waals surface area (Å²) in [4.78, 5) is 0.156. The van der Waals surface area contributed by atoms with Crippen LogP contribution in [-0.2, 0) is 14.1 Å². The predicted molar refractivity (Wildman–Crippen MR) is 134 cm³/mol. The fourth-order valence-electron chi connectivity index (χ4n) is 3.51. The van der Waals surface area contributed by atoms with Crippen molar-refractivity contribution in [2.24, 2.45) is 0 Å². The molecular weight excluding hydrogens is 435 g/mol. The molecular formula is C27H24O3PS+. The van der Waals surface area contributed by atoms with E-state index in [2.05, 4.69) is 0 Å². The van der Waals surface area contributed by atoms with E-state index in [1.54, 1.807) is 30.3 Å². The van der Waals surface area contributed by atoms with Crippen LogP contribution in [-0.4, -0.2) is 14.6 Å². The minimum absolute atomic E-state index is 0.156. The Morgan fingerprint density at radius 1 is 0.625 bits per heavy atom. The Kier molecular flexibility index (Phi) is 6.96. The summed E-state index contributed by atoms with van der Waals surface area (Å²) in [7, 11) is -6.79. The molecule has 4 aromatic rings. The van der Waals surface area contributed by atoms with Crippen LogP contribution in [0.2, 0.25) is 0 Å². The highest BCUT2D eigenvalue weighted by Gasteiger charge is 2.49. The zero-order chi connectivity index (χ0) is 22.3. The molecule has 0 aliphatic rings. The summed E-state index contributed by atoms with van der Waals surface area (Å²) >= 11 is 0. The van der Waals surface area contributed by atoms with Gasteiger partial charge in [0.1, 0.15) is 16.8 Å². The molecule has 4 aromatic carbocycles. The van der Waals surface area contributed by atoms with Crippen molar-refractivity contribution in [3.05, 3.63) is 133 Å². The van der Waals surface area contributed by atoms with Crippen molar-refractivity contribution in [1.29, 1.82) is 0 Å². The maximum atomic E-state index is 13.4. The molecule has 0 fully saturated rings. The topological polar surface area (TPSA) is 43.4 Å². The largest absolute Gasteiger partial charge is 0.329 e. The van der Waals surface area contributed by atoms with Gasteiger partial charge in [-0.05, 0) is 48.0 Å². The van der Waals surface area contributed by atoms with E-state index >= 15 is 0 Å². The Hall–Kier alpha value is -3.04. The lowest BCUT2D eigenvalue weighted by Gasteiger charge is -2.24. The van der Waals surface area contributed by atoms with Crippen LogP contribution < -0.4 is 10.6 Å². The average Bonchev–Trinajstić information content (AvgIpc) is 2.85. The molecule has 0 amide bonds. The number of hydrogen-bond donors (Lipinski definition) is 0. The molecule has 0 aliphatic heterocycles. The molecule has 0 radical (unpaired) electrons. The third kappa shape index (κ3) is 5.05. The second kappa shape index (κ2) is 10.1. The van der Waals surface area contributed by atoms with Crippen molar-refractivity contribution in [3.63, 3.8) is 0 Å².